The standard InChI is InChI=1S/C23H22F3N5O2/c24-23(25,26)33-20-6-3-4-16(12-20)21-28-13-17(14-29-21)22(32)30-18-7-10-31(11-8-18)15-19-5-1-2-9-27-19/h1-6,9,12-14,18H,7-8,10-11,15H2,(H,30,32). The number of carbonyl (C=O) groups excluding carboxylic acids is 1. The fourth-order valence-corrected chi connectivity index (χ4v) is 3.65. The third-order valence-electron chi connectivity index (χ3n) is 5.27. The quantitative estimate of drug-likeness (QED) is 0.606. The van der Waals surface area contributed by atoms with Crippen LogP contribution >= 0.6 is 0 Å². The van der Waals surface area contributed by atoms with Crippen molar-refractivity contribution in [2.24, 2.45) is 0 Å². The number of piperidine rings is 1. The van der Waals surface area contributed by atoms with Gasteiger partial charge in [0.25, 0.3) is 5.91 Å². The number of nitrogens with zero attached hydrogens (tertiary/aromatic N) is 4. The summed E-state index contributed by atoms with van der Waals surface area (Å²) in [5.74, 6) is -0.444. The zero-order valence-corrected chi connectivity index (χ0v) is 17.6. The van der Waals surface area contributed by atoms with E-state index in [1.165, 1.54) is 30.6 Å². The topological polar surface area (TPSA) is 80.2 Å². The fraction of sp³-hybridized carbons (Fsp3) is 0.304. The molecule has 0 unspecified atom stereocenters. The largest absolute Gasteiger partial charge is 0.573 e. The van der Waals surface area contributed by atoms with Gasteiger partial charge in [0.15, 0.2) is 5.82 Å². The van der Waals surface area contributed by atoms with Gasteiger partial charge in [0.05, 0.1) is 11.3 Å². The maximum Gasteiger partial charge on any atom is 0.573 e. The fourth-order valence-electron chi connectivity index (χ4n) is 3.65. The first-order chi connectivity index (χ1) is 15.9. The van der Waals surface area contributed by atoms with Crippen molar-refractivity contribution >= 4 is 5.91 Å². The molecule has 172 valence electrons. The summed E-state index contributed by atoms with van der Waals surface area (Å²) < 4.78 is 41.2. The third-order valence-corrected chi connectivity index (χ3v) is 5.27. The molecule has 1 aromatic carbocycles. The molecule has 0 bridgehead atoms. The van der Waals surface area contributed by atoms with E-state index in [4.69, 9.17) is 0 Å². The number of hydrogen-bond donors (Lipinski definition) is 1. The second-order valence-electron chi connectivity index (χ2n) is 7.72. The number of carbonyl (C=O) groups is 1. The second kappa shape index (κ2) is 9.95. The number of likely N-dealkylation sites (tertiary alicyclic amines) is 1. The van der Waals surface area contributed by atoms with Gasteiger partial charge in [0.2, 0.25) is 0 Å². The molecule has 1 saturated heterocycles. The molecular formula is C23H22F3N5O2. The smallest absolute Gasteiger partial charge is 0.406 e. The summed E-state index contributed by atoms with van der Waals surface area (Å²) in [5.41, 5.74) is 1.66. The first-order valence-corrected chi connectivity index (χ1v) is 10.5. The molecule has 1 N–H and O–H groups in total. The molecule has 33 heavy (non-hydrogen) atoms. The van der Waals surface area contributed by atoms with Crippen molar-refractivity contribution in [2.45, 2.75) is 31.8 Å². The van der Waals surface area contributed by atoms with E-state index >= 15 is 0 Å². The predicted molar refractivity (Wildman–Crippen MR) is 114 cm³/mol. The highest BCUT2D eigenvalue weighted by Crippen LogP contribution is 2.26. The Bertz CT molecular complexity index is 1070. The van der Waals surface area contributed by atoms with Crippen molar-refractivity contribution in [3.05, 3.63) is 72.3 Å². The molecule has 4 rings (SSSR count). The molecule has 0 saturated carbocycles. The van der Waals surface area contributed by atoms with Crippen LogP contribution in [0.2, 0.25) is 0 Å². The van der Waals surface area contributed by atoms with Gasteiger partial charge in [-0.05, 0) is 37.1 Å². The van der Waals surface area contributed by atoms with Gasteiger partial charge < -0.3 is 10.1 Å². The molecule has 0 radical (unpaired) electrons. The highest BCUT2D eigenvalue weighted by atomic mass is 19.4. The Morgan fingerprint density at radius 2 is 1.82 bits per heavy atom. The van der Waals surface area contributed by atoms with Crippen molar-refractivity contribution in [1.82, 2.24) is 25.2 Å². The molecule has 1 aliphatic heterocycles. The highest BCUT2D eigenvalue weighted by Gasteiger charge is 2.31. The van der Waals surface area contributed by atoms with Gasteiger partial charge >= 0.3 is 6.36 Å². The van der Waals surface area contributed by atoms with E-state index in [0.717, 1.165) is 38.2 Å². The Labute approximate surface area is 188 Å². The van der Waals surface area contributed by atoms with E-state index in [0.29, 0.717) is 5.56 Å². The molecule has 3 heterocycles. The molecule has 0 atom stereocenters. The van der Waals surface area contributed by atoms with E-state index in [1.807, 2.05) is 18.2 Å². The Hall–Kier alpha value is -3.53. The van der Waals surface area contributed by atoms with Crippen LogP contribution in [-0.4, -0.2) is 51.3 Å². The monoisotopic (exact) mass is 457 g/mol. The van der Waals surface area contributed by atoms with Gasteiger partial charge in [0, 0.05) is 49.8 Å². The van der Waals surface area contributed by atoms with E-state index in [1.54, 1.807) is 12.3 Å². The number of hydrogen-bond acceptors (Lipinski definition) is 6. The summed E-state index contributed by atoms with van der Waals surface area (Å²) >= 11 is 0. The molecule has 3 aromatic rings. The zero-order chi connectivity index (χ0) is 23.3. The summed E-state index contributed by atoms with van der Waals surface area (Å²) in [6.07, 6.45) is 1.38. The maximum atomic E-state index is 12.6. The van der Waals surface area contributed by atoms with Crippen molar-refractivity contribution in [1.29, 1.82) is 0 Å². The lowest BCUT2D eigenvalue weighted by molar-refractivity contribution is -0.274. The summed E-state index contributed by atoms with van der Waals surface area (Å²) in [6, 6.07) is 11.3. The first-order valence-electron chi connectivity index (χ1n) is 10.5. The summed E-state index contributed by atoms with van der Waals surface area (Å²) in [5, 5.41) is 3.01. The van der Waals surface area contributed by atoms with E-state index in [9.17, 15) is 18.0 Å². The van der Waals surface area contributed by atoms with Crippen molar-refractivity contribution in [3.8, 4) is 17.1 Å². The second-order valence-corrected chi connectivity index (χ2v) is 7.72. The van der Waals surface area contributed by atoms with Gasteiger partial charge in [-0.3, -0.25) is 14.7 Å². The number of pyridine rings is 1. The summed E-state index contributed by atoms with van der Waals surface area (Å²) in [4.78, 5) is 27.5. The van der Waals surface area contributed by atoms with Crippen molar-refractivity contribution < 1.29 is 22.7 Å². The Balaban J connectivity index is 1.31. The Morgan fingerprint density at radius 1 is 1.06 bits per heavy atom. The molecule has 1 amide bonds. The molecule has 7 nitrogen and oxygen atoms in total. The summed E-state index contributed by atoms with van der Waals surface area (Å²) in [7, 11) is 0. The number of halogens is 3. The molecule has 0 spiro atoms. The lowest BCUT2D eigenvalue weighted by atomic mass is 10.0. The van der Waals surface area contributed by atoms with E-state index in [-0.39, 0.29) is 29.1 Å². The van der Waals surface area contributed by atoms with Crippen LogP contribution < -0.4 is 10.1 Å². The predicted octanol–water partition coefficient (Wildman–Crippen LogP) is 3.83. The highest BCUT2D eigenvalue weighted by molar-refractivity contribution is 5.93. The molecular weight excluding hydrogens is 435 g/mol. The lowest BCUT2D eigenvalue weighted by Crippen LogP contribution is -2.44. The number of amides is 1. The van der Waals surface area contributed by atoms with E-state index < -0.39 is 6.36 Å². The average Bonchev–Trinajstić information content (AvgIpc) is 2.80. The number of ether oxygens (including phenoxy) is 1. The van der Waals surface area contributed by atoms with Gasteiger partial charge in [-0.15, -0.1) is 13.2 Å². The van der Waals surface area contributed by atoms with Gasteiger partial charge in [-0.1, -0.05) is 18.2 Å². The minimum atomic E-state index is -4.78. The van der Waals surface area contributed by atoms with Crippen molar-refractivity contribution in [2.75, 3.05) is 13.1 Å². The minimum Gasteiger partial charge on any atom is -0.406 e. The summed E-state index contributed by atoms with van der Waals surface area (Å²) in [6.45, 7) is 2.49. The van der Waals surface area contributed by atoms with E-state index in [2.05, 4.69) is 29.9 Å². The normalized spacial score (nSPS) is 15.2. The van der Waals surface area contributed by atoms with Gasteiger partial charge in [-0.25, -0.2) is 9.97 Å². The Kier molecular flexibility index (Phi) is 6.83. The van der Waals surface area contributed by atoms with Crippen LogP contribution in [0.4, 0.5) is 13.2 Å². The number of benzene rings is 1. The van der Waals surface area contributed by atoms with Crippen LogP contribution in [0.15, 0.2) is 61.1 Å². The number of rotatable bonds is 6. The molecule has 1 aliphatic rings. The molecule has 1 fully saturated rings. The Morgan fingerprint density at radius 3 is 2.48 bits per heavy atom. The van der Waals surface area contributed by atoms with Crippen LogP contribution in [0.3, 0.4) is 0 Å². The van der Waals surface area contributed by atoms with Crippen LogP contribution in [0.5, 0.6) is 5.75 Å². The minimum absolute atomic E-state index is 0.0494. The maximum absolute atomic E-state index is 12.6. The van der Waals surface area contributed by atoms with Crippen molar-refractivity contribution in [3.63, 3.8) is 0 Å². The van der Waals surface area contributed by atoms with Crippen LogP contribution in [0.1, 0.15) is 28.9 Å². The molecule has 10 heteroatoms. The molecule has 0 aliphatic carbocycles. The van der Waals surface area contributed by atoms with Gasteiger partial charge in [-0.2, -0.15) is 0 Å². The zero-order valence-electron chi connectivity index (χ0n) is 17.6. The third kappa shape index (κ3) is 6.48. The first kappa shape index (κ1) is 22.7. The number of alkyl halides is 3. The average molecular weight is 457 g/mol. The van der Waals surface area contributed by atoms with Crippen LogP contribution in [-0.2, 0) is 6.54 Å². The van der Waals surface area contributed by atoms with Crippen LogP contribution in [0, 0.1) is 0 Å². The molecule has 2 aromatic heterocycles. The van der Waals surface area contributed by atoms with Gasteiger partial charge in [0.1, 0.15) is 5.75 Å². The van der Waals surface area contributed by atoms with Crippen LogP contribution in [0.25, 0.3) is 11.4 Å². The SMILES string of the molecule is O=C(NC1CCN(Cc2ccccn2)CC1)c1cnc(-c2cccc(OC(F)(F)F)c2)nc1. The number of aromatic nitrogens is 3. The number of nitrogens with one attached hydrogen (secondary N) is 1. The lowest BCUT2D eigenvalue weighted by Gasteiger charge is -2.32.